The molecule has 0 amide bonds. The number of ketones is 1. The number of benzene rings is 1. The molecule has 1 aromatic heterocycles. The lowest BCUT2D eigenvalue weighted by atomic mass is 10.1. The second-order valence-electron chi connectivity index (χ2n) is 4.21. The molecule has 0 N–H and O–H groups in total. The van der Waals surface area contributed by atoms with Crippen LogP contribution in [0.3, 0.4) is 0 Å². The van der Waals surface area contributed by atoms with Crippen LogP contribution in [0.15, 0.2) is 40.8 Å². The molecule has 0 spiro atoms. The molecule has 0 atom stereocenters. The van der Waals surface area contributed by atoms with Crippen LogP contribution in [0.4, 0.5) is 0 Å². The Balaban J connectivity index is 2.26. The predicted molar refractivity (Wildman–Crippen MR) is 76.4 cm³/mol. The molecule has 1 aromatic carbocycles. The summed E-state index contributed by atoms with van der Waals surface area (Å²) in [7, 11) is 3.08. The van der Waals surface area contributed by atoms with Crippen LogP contribution in [0.2, 0.25) is 0 Å². The van der Waals surface area contributed by atoms with Crippen LogP contribution >= 0.6 is 0 Å². The van der Waals surface area contributed by atoms with E-state index < -0.39 is 0 Å². The first kappa shape index (κ1) is 13.9. The maximum absolute atomic E-state index is 12.2. The molecule has 0 aliphatic carbocycles. The van der Waals surface area contributed by atoms with Crippen molar-refractivity contribution >= 4 is 11.9 Å². The van der Waals surface area contributed by atoms with Crippen molar-refractivity contribution in [2.24, 2.45) is 0 Å². The Hall–Kier alpha value is -2.49. The van der Waals surface area contributed by atoms with Gasteiger partial charge in [-0.2, -0.15) is 0 Å². The molecule has 20 heavy (non-hydrogen) atoms. The number of methoxy groups -OCH3 is 2. The van der Waals surface area contributed by atoms with Crippen LogP contribution in [0.5, 0.6) is 11.5 Å². The van der Waals surface area contributed by atoms with Gasteiger partial charge in [-0.15, -0.1) is 0 Å². The van der Waals surface area contributed by atoms with E-state index in [0.29, 0.717) is 22.8 Å². The number of allylic oxidation sites excluding steroid dienone is 1. The summed E-state index contributed by atoms with van der Waals surface area (Å²) in [4.78, 5) is 12.2. The number of rotatable bonds is 5. The van der Waals surface area contributed by atoms with Crippen molar-refractivity contribution in [1.82, 2.24) is 0 Å². The summed E-state index contributed by atoms with van der Waals surface area (Å²) < 4.78 is 15.7. The predicted octanol–water partition coefficient (Wildman–Crippen LogP) is 3.50. The summed E-state index contributed by atoms with van der Waals surface area (Å²) in [5.74, 6) is 2.39. The van der Waals surface area contributed by atoms with E-state index in [1.807, 2.05) is 19.1 Å². The van der Waals surface area contributed by atoms with Gasteiger partial charge in [-0.25, -0.2) is 0 Å². The zero-order valence-corrected chi connectivity index (χ0v) is 11.7. The highest BCUT2D eigenvalue weighted by atomic mass is 16.5. The van der Waals surface area contributed by atoms with Crippen molar-refractivity contribution in [2.75, 3.05) is 14.2 Å². The number of ether oxygens (including phenoxy) is 2. The largest absolute Gasteiger partial charge is 0.497 e. The number of hydrogen-bond donors (Lipinski definition) is 0. The molecule has 0 bridgehead atoms. The third-order valence-corrected chi connectivity index (χ3v) is 2.83. The summed E-state index contributed by atoms with van der Waals surface area (Å²) in [5, 5.41) is 0. The van der Waals surface area contributed by atoms with Gasteiger partial charge in [-0.1, -0.05) is 0 Å². The Labute approximate surface area is 117 Å². The fourth-order valence-electron chi connectivity index (χ4n) is 1.80. The Morgan fingerprint density at radius 1 is 1.15 bits per heavy atom. The van der Waals surface area contributed by atoms with Gasteiger partial charge in [0.2, 0.25) is 0 Å². The molecule has 1 heterocycles. The van der Waals surface area contributed by atoms with Gasteiger partial charge < -0.3 is 13.9 Å². The molecule has 4 nitrogen and oxygen atoms in total. The number of carbonyl (C=O) groups is 1. The molecule has 0 fully saturated rings. The van der Waals surface area contributed by atoms with Gasteiger partial charge in [-0.05, 0) is 49.4 Å². The minimum atomic E-state index is -0.171. The molecule has 0 radical (unpaired) electrons. The Morgan fingerprint density at radius 3 is 2.55 bits per heavy atom. The van der Waals surface area contributed by atoms with Gasteiger partial charge in [0.25, 0.3) is 0 Å². The van der Waals surface area contributed by atoms with Crippen LogP contribution < -0.4 is 9.47 Å². The smallest absolute Gasteiger partial charge is 0.189 e. The third-order valence-electron chi connectivity index (χ3n) is 2.83. The molecule has 4 heteroatoms. The van der Waals surface area contributed by atoms with Gasteiger partial charge in [-0.3, -0.25) is 4.79 Å². The van der Waals surface area contributed by atoms with Gasteiger partial charge in [0.1, 0.15) is 23.0 Å². The lowest BCUT2D eigenvalue weighted by Crippen LogP contribution is -1.99. The SMILES string of the molecule is COc1ccc(OC)c(C(=O)/C=C/c2ccc(C)o2)c1. The maximum atomic E-state index is 12.2. The Bertz CT molecular complexity index is 638. The maximum Gasteiger partial charge on any atom is 0.189 e. The topological polar surface area (TPSA) is 48.7 Å². The van der Waals surface area contributed by atoms with Gasteiger partial charge in [0, 0.05) is 0 Å². The molecule has 0 aliphatic rings. The summed E-state index contributed by atoms with van der Waals surface area (Å²) in [5.41, 5.74) is 0.450. The van der Waals surface area contributed by atoms with Crippen LogP contribution in [0.1, 0.15) is 21.9 Å². The fourth-order valence-corrected chi connectivity index (χ4v) is 1.80. The quantitative estimate of drug-likeness (QED) is 0.617. The molecule has 0 saturated heterocycles. The first-order valence-corrected chi connectivity index (χ1v) is 6.15. The minimum Gasteiger partial charge on any atom is -0.497 e. The Morgan fingerprint density at radius 2 is 1.95 bits per heavy atom. The third kappa shape index (κ3) is 3.09. The highest BCUT2D eigenvalue weighted by Crippen LogP contribution is 2.25. The first-order chi connectivity index (χ1) is 9.63. The molecule has 0 aliphatic heterocycles. The van der Waals surface area contributed by atoms with Gasteiger partial charge in [0.15, 0.2) is 5.78 Å². The van der Waals surface area contributed by atoms with E-state index in [1.54, 1.807) is 31.4 Å². The summed E-state index contributed by atoms with van der Waals surface area (Å²) >= 11 is 0. The van der Waals surface area contributed by atoms with Crippen molar-refractivity contribution in [2.45, 2.75) is 6.92 Å². The number of hydrogen-bond acceptors (Lipinski definition) is 4. The zero-order valence-electron chi connectivity index (χ0n) is 11.7. The van der Waals surface area contributed by atoms with Crippen molar-refractivity contribution in [1.29, 1.82) is 0 Å². The first-order valence-electron chi connectivity index (χ1n) is 6.15. The van der Waals surface area contributed by atoms with Crippen LogP contribution in [-0.4, -0.2) is 20.0 Å². The van der Waals surface area contributed by atoms with E-state index in [4.69, 9.17) is 13.9 Å². The number of furan rings is 1. The van der Waals surface area contributed by atoms with Crippen LogP contribution in [-0.2, 0) is 0 Å². The average molecular weight is 272 g/mol. The van der Waals surface area contributed by atoms with Crippen molar-refractivity contribution in [3.05, 3.63) is 53.5 Å². The standard InChI is InChI=1S/C16H16O4/c1-11-4-5-12(20-11)6-8-15(17)14-10-13(18-2)7-9-16(14)19-3/h4-10H,1-3H3/b8-6+. The molecule has 0 saturated carbocycles. The molecule has 104 valence electrons. The summed E-state index contributed by atoms with van der Waals surface area (Å²) in [6.07, 6.45) is 3.09. The second-order valence-corrected chi connectivity index (χ2v) is 4.21. The summed E-state index contributed by atoms with van der Waals surface area (Å²) in [6, 6.07) is 8.75. The lowest BCUT2D eigenvalue weighted by molar-refractivity contribution is 0.104. The van der Waals surface area contributed by atoms with Gasteiger partial charge in [0.05, 0.1) is 19.8 Å². The Kier molecular flexibility index (Phi) is 4.25. The minimum absolute atomic E-state index is 0.171. The molecule has 0 unspecified atom stereocenters. The zero-order chi connectivity index (χ0) is 14.5. The normalized spacial score (nSPS) is 10.8. The number of aryl methyl sites for hydroxylation is 1. The molecule has 2 rings (SSSR count). The van der Waals surface area contributed by atoms with E-state index in [1.165, 1.54) is 13.2 Å². The monoisotopic (exact) mass is 272 g/mol. The fraction of sp³-hybridized carbons (Fsp3) is 0.188. The molecular weight excluding hydrogens is 256 g/mol. The van der Waals surface area contributed by atoms with Crippen molar-refractivity contribution in [3.63, 3.8) is 0 Å². The van der Waals surface area contributed by atoms with E-state index in [0.717, 1.165) is 5.76 Å². The molecular formula is C16H16O4. The van der Waals surface area contributed by atoms with E-state index in [-0.39, 0.29) is 5.78 Å². The van der Waals surface area contributed by atoms with E-state index in [9.17, 15) is 4.79 Å². The van der Waals surface area contributed by atoms with E-state index in [2.05, 4.69) is 0 Å². The highest BCUT2D eigenvalue weighted by Gasteiger charge is 2.11. The lowest BCUT2D eigenvalue weighted by Gasteiger charge is -2.07. The van der Waals surface area contributed by atoms with E-state index >= 15 is 0 Å². The average Bonchev–Trinajstić information content (AvgIpc) is 2.89. The van der Waals surface area contributed by atoms with Crippen LogP contribution in [0.25, 0.3) is 6.08 Å². The van der Waals surface area contributed by atoms with Crippen molar-refractivity contribution in [3.8, 4) is 11.5 Å². The van der Waals surface area contributed by atoms with Crippen molar-refractivity contribution < 1.29 is 18.7 Å². The van der Waals surface area contributed by atoms with Crippen LogP contribution in [0, 0.1) is 6.92 Å². The summed E-state index contributed by atoms with van der Waals surface area (Å²) in [6.45, 7) is 1.85. The highest BCUT2D eigenvalue weighted by molar-refractivity contribution is 6.08. The van der Waals surface area contributed by atoms with Gasteiger partial charge >= 0.3 is 0 Å². The number of carbonyl (C=O) groups excluding carboxylic acids is 1. The second kappa shape index (κ2) is 6.10. The molecule has 2 aromatic rings.